The zero-order valence-electron chi connectivity index (χ0n) is 5.38. The van der Waals surface area contributed by atoms with Gasteiger partial charge in [-0.1, -0.05) is 22.9 Å². The maximum atomic E-state index is 5.76. The van der Waals surface area contributed by atoms with Gasteiger partial charge in [-0.3, -0.25) is 0 Å². The standard InChI is InChI=1S/C5BrCl2N3S/c6-4-9-1-2(7)10-5(8)11-3(1)12-4. The number of hydrogen-bond donors (Lipinski definition) is 0. The molecule has 3 nitrogen and oxygen atoms in total. The van der Waals surface area contributed by atoms with Crippen molar-refractivity contribution in [3.8, 4) is 0 Å². The van der Waals surface area contributed by atoms with E-state index in [2.05, 4.69) is 30.9 Å². The molecule has 2 aromatic rings. The molecule has 0 aliphatic carbocycles. The van der Waals surface area contributed by atoms with E-state index >= 15 is 0 Å². The van der Waals surface area contributed by atoms with Crippen LogP contribution in [-0.2, 0) is 0 Å². The van der Waals surface area contributed by atoms with Gasteiger partial charge in [0.2, 0.25) is 5.28 Å². The first-order chi connectivity index (χ1) is 5.66. The van der Waals surface area contributed by atoms with Gasteiger partial charge in [-0.2, -0.15) is 0 Å². The highest BCUT2D eigenvalue weighted by Crippen LogP contribution is 2.28. The van der Waals surface area contributed by atoms with Crippen LogP contribution < -0.4 is 0 Å². The molecule has 2 rings (SSSR count). The molecule has 0 spiro atoms. The predicted molar refractivity (Wildman–Crippen MR) is 52.9 cm³/mol. The molecule has 0 fully saturated rings. The van der Waals surface area contributed by atoms with Gasteiger partial charge in [-0.05, 0) is 27.5 Å². The number of rotatable bonds is 0. The van der Waals surface area contributed by atoms with E-state index in [1.54, 1.807) is 0 Å². The van der Waals surface area contributed by atoms with Gasteiger partial charge in [0.25, 0.3) is 0 Å². The van der Waals surface area contributed by atoms with Gasteiger partial charge in [0.15, 0.2) is 13.9 Å². The second kappa shape index (κ2) is 3.06. The van der Waals surface area contributed by atoms with Crippen LogP contribution in [0.4, 0.5) is 0 Å². The molecule has 7 heteroatoms. The topological polar surface area (TPSA) is 38.7 Å². The summed E-state index contributed by atoms with van der Waals surface area (Å²) in [7, 11) is 0. The van der Waals surface area contributed by atoms with Gasteiger partial charge in [0, 0.05) is 0 Å². The summed E-state index contributed by atoms with van der Waals surface area (Å²) >= 11 is 15.9. The molecule has 2 heterocycles. The molecular weight excluding hydrogens is 285 g/mol. The molecule has 62 valence electrons. The Hall–Kier alpha value is 0.0300. The van der Waals surface area contributed by atoms with Crippen LogP contribution in [0.15, 0.2) is 3.92 Å². The minimum absolute atomic E-state index is 0.142. The molecule has 0 radical (unpaired) electrons. The molecule has 0 saturated carbocycles. The SMILES string of the molecule is Clc1nc(Cl)c2nc(Br)sc2n1. The second-order valence-corrected chi connectivity index (χ2v) is 4.85. The molecule has 0 bridgehead atoms. The smallest absolute Gasteiger partial charge is 0.224 e. The zero-order chi connectivity index (χ0) is 8.72. The summed E-state index contributed by atoms with van der Waals surface area (Å²) in [5.74, 6) is 0. The third-order valence-corrected chi connectivity index (χ3v) is 3.00. The Morgan fingerprint density at radius 1 is 1.17 bits per heavy atom. The number of fused-ring (bicyclic) bond motifs is 1. The van der Waals surface area contributed by atoms with E-state index in [1.165, 1.54) is 11.3 Å². The molecule has 0 aliphatic rings. The molecule has 0 atom stereocenters. The van der Waals surface area contributed by atoms with Crippen molar-refractivity contribution in [2.75, 3.05) is 0 Å². The van der Waals surface area contributed by atoms with Crippen LogP contribution in [0.5, 0.6) is 0 Å². The summed E-state index contributed by atoms with van der Waals surface area (Å²) in [4.78, 5) is 12.5. The van der Waals surface area contributed by atoms with Gasteiger partial charge >= 0.3 is 0 Å². The van der Waals surface area contributed by atoms with Gasteiger partial charge in [-0.25, -0.2) is 15.0 Å². The van der Waals surface area contributed by atoms with E-state index < -0.39 is 0 Å². The molecule has 0 N–H and O–H groups in total. The van der Waals surface area contributed by atoms with E-state index in [4.69, 9.17) is 23.2 Å². The third-order valence-electron chi connectivity index (χ3n) is 1.16. The Kier molecular flexibility index (Phi) is 2.20. The zero-order valence-corrected chi connectivity index (χ0v) is 9.30. The average Bonchev–Trinajstić information content (AvgIpc) is 2.29. The predicted octanol–water partition coefficient (Wildman–Crippen LogP) is 3.16. The fraction of sp³-hybridized carbons (Fsp3) is 0. The quantitative estimate of drug-likeness (QED) is 0.551. The lowest BCUT2D eigenvalue weighted by Crippen LogP contribution is -1.83. The summed E-state index contributed by atoms with van der Waals surface area (Å²) in [6, 6.07) is 0. The van der Waals surface area contributed by atoms with Crippen molar-refractivity contribution < 1.29 is 0 Å². The van der Waals surface area contributed by atoms with E-state index in [0.717, 1.165) is 3.92 Å². The fourth-order valence-electron chi connectivity index (χ4n) is 0.740. The first-order valence-corrected chi connectivity index (χ1v) is 5.18. The van der Waals surface area contributed by atoms with Crippen LogP contribution in [0.2, 0.25) is 10.4 Å². The molecule has 0 unspecified atom stereocenters. The number of nitrogens with zero attached hydrogens (tertiary/aromatic N) is 3. The Balaban J connectivity index is 2.88. The van der Waals surface area contributed by atoms with Crippen LogP contribution in [0.25, 0.3) is 10.3 Å². The molecule has 0 saturated heterocycles. The maximum Gasteiger partial charge on any atom is 0.225 e. The summed E-state index contributed by atoms with van der Waals surface area (Å²) < 4.78 is 0.718. The first kappa shape index (κ1) is 8.62. The summed E-state index contributed by atoms with van der Waals surface area (Å²) in [6.07, 6.45) is 0. The van der Waals surface area contributed by atoms with Crippen LogP contribution >= 0.6 is 50.5 Å². The average molecular weight is 285 g/mol. The summed E-state index contributed by atoms with van der Waals surface area (Å²) in [5.41, 5.74) is 0.581. The van der Waals surface area contributed by atoms with Gasteiger partial charge in [0.05, 0.1) is 0 Å². The third kappa shape index (κ3) is 1.42. The van der Waals surface area contributed by atoms with Crippen molar-refractivity contribution in [3.05, 3.63) is 14.4 Å². The molecule has 0 aliphatic heterocycles. The number of halogens is 3. The Bertz CT molecular complexity index is 443. The Morgan fingerprint density at radius 2 is 1.92 bits per heavy atom. The molecule has 2 aromatic heterocycles. The maximum absolute atomic E-state index is 5.76. The van der Waals surface area contributed by atoms with Gasteiger partial charge < -0.3 is 0 Å². The highest BCUT2D eigenvalue weighted by molar-refractivity contribution is 9.11. The van der Waals surface area contributed by atoms with Crippen molar-refractivity contribution >= 4 is 60.8 Å². The van der Waals surface area contributed by atoms with Crippen LogP contribution in [-0.4, -0.2) is 15.0 Å². The lowest BCUT2D eigenvalue weighted by atomic mass is 10.6. The Labute approximate surface area is 89.9 Å². The summed E-state index contributed by atoms with van der Waals surface area (Å²) in [5, 5.41) is 0.426. The highest BCUT2D eigenvalue weighted by Gasteiger charge is 2.09. The van der Waals surface area contributed by atoms with E-state index in [1.807, 2.05) is 0 Å². The van der Waals surface area contributed by atoms with Gasteiger partial charge in [-0.15, -0.1) is 0 Å². The minimum Gasteiger partial charge on any atom is -0.224 e. The van der Waals surface area contributed by atoms with E-state index in [0.29, 0.717) is 10.3 Å². The Morgan fingerprint density at radius 3 is 2.67 bits per heavy atom. The minimum atomic E-state index is 0.142. The number of thiazole rings is 1. The van der Waals surface area contributed by atoms with Gasteiger partial charge in [0.1, 0.15) is 5.52 Å². The second-order valence-electron chi connectivity index (χ2n) is 1.90. The number of aromatic nitrogens is 3. The normalized spacial score (nSPS) is 10.9. The molecular formula is C5BrCl2N3S. The summed E-state index contributed by atoms with van der Waals surface area (Å²) in [6.45, 7) is 0. The van der Waals surface area contributed by atoms with Crippen LogP contribution in [0.3, 0.4) is 0 Å². The molecule has 12 heavy (non-hydrogen) atoms. The first-order valence-electron chi connectivity index (χ1n) is 2.82. The van der Waals surface area contributed by atoms with E-state index in [-0.39, 0.29) is 10.4 Å². The lowest BCUT2D eigenvalue weighted by molar-refractivity contribution is 1.22. The van der Waals surface area contributed by atoms with Crippen LogP contribution in [0.1, 0.15) is 0 Å². The molecule has 0 amide bonds. The highest BCUT2D eigenvalue weighted by atomic mass is 79.9. The lowest BCUT2D eigenvalue weighted by Gasteiger charge is -1.90. The monoisotopic (exact) mass is 283 g/mol. The number of hydrogen-bond acceptors (Lipinski definition) is 4. The van der Waals surface area contributed by atoms with Crippen LogP contribution in [0, 0.1) is 0 Å². The van der Waals surface area contributed by atoms with Crippen molar-refractivity contribution in [3.63, 3.8) is 0 Å². The van der Waals surface area contributed by atoms with Crippen molar-refractivity contribution in [1.29, 1.82) is 0 Å². The molecule has 0 aromatic carbocycles. The van der Waals surface area contributed by atoms with E-state index in [9.17, 15) is 0 Å². The van der Waals surface area contributed by atoms with Crippen molar-refractivity contribution in [2.45, 2.75) is 0 Å². The van der Waals surface area contributed by atoms with Crippen molar-refractivity contribution in [1.82, 2.24) is 15.0 Å². The fourth-order valence-corrected chi connectivity index (χ4v) is 2.57. The van der Waals surface area contributed by atoms with Crippen molar-refractivity contribution in [2.24, 2.45) is 0 Å². The largest absolute Gasteiger partial charge is 0.225 e.